The molecule has 0 aliphatic carbocycles. The number of hydrogen-bond donors (Lipinski definition) is 2. The van der Waals surface area contributed by atoms with Gasteiger partial charge in [0.25, 0.3) is 5.56 Å². The van der Waals surface area contributed by atoms with Crippen molar-refractivity contribution in [2.75, 3.05) is 11.6 Å². The molecular formula is C18H21Cl2N5O3S. The normalized spacial score (nSPS) is 13.0. The Bertz CT molecular complexity index is 1190. The number of imidazole rings is 1. The van der Waals surface area contributed by atoms with Crippen LogP contribution in [-0.2, 0) is 16.4 Å². The zero-order valence-corrected chi connectivity index (χ0v) is 18.3. The Morgan fingerprint density at radius 1 is 1.28 bits per heavy atom. The van der Waals surface area contributed by atoms with Crippen LogP contribution in [0, 0.1) is 0 Å². The van der Waals surface area contributed by atoms with Crippen molar-refractivity contribution in [3.05, 3.63) is 50.5 Å². The Kier molecular flexibility index (Phi) is 6.50. The van der Waals surface area contributed by atoms with Gasteiger partial charge < -0.3 is 9.88 Å². The van der Waals surface area contributed by atoms with E-state index in [1.807, 2.05) is 6.92 Å². The number of anilines is 1. The molecule has 2 N–H and O–H groups in total. The van der Waals surface area contributed by atoms with Gasteiger partial charge in [-0.15, -0.1) is 0 Å². The zero-order valence-electron chi connectivity index (χ0n) is 15.9. The second-order valence-corrected chi connectivity index (χ2v) is 9.78. The van der Waals surface area contributed by atoms with Crippen LogP contribution in [0.2, 0.25) is 10.0 Å². The molecule has 0 saturated heterocycles. The van der Waals surface area contributed by atoms with E-state index in [-0.39, 0.29) is 17.1 Å². The molecule has 1 unspecified atom stereocenters. The van der Waals surface area contributed by atoms with Crippen LogP contribution in [0.15, 0.2) is 29.3 Å². The number of sulfone groups is 1. The van der Waals surface area contributed by atoms with E-state index in [2.05, 4.69) is 20.3 Å². The summed E-state index contributed by atoms with van der Waals surface area (Å²) in [5.41, 5.74) is 0.700. The van der Waals surface area contributed by atoms with E-state index in [4.69, 9.17) is 23.2 Å². The molecule has 0 fully saturated rings. The molecule has 2 heterocycles. The van der Waals surface area contributed by atoms with Crippen LogP contribution in [-0.4, -0.2) is 34.2 Å². The predicted molar refractivity (Wildman–Crippen MR) is 115 cm³/mol. The van der Waals surface area contributed by atoms with Crippen LogP contribution in [0.4, 0.5) is 5.95 Å². The number of nitrogens with zero attached hydrogens (tertiary/aromatic N) is 3. The molecule has 0 saturated carbocycles. The molecule has 156 valence electrons. The van der Waals surface area contributed by atoms with Crippen molar-refractivity contribution in [3.8, 4) is 0 Å². The first-order valence-electron chi connectivity index (χ1n) is 9.04. The van der Waals surface area contributed by atoms with Gasteiger partial charge in [-0.05, 0) is 24.1 Å². The topological polar surface area (TPSA) is 110 Å². The highest BCUT2D eigenvalue weighted by molar-refractivity contribution is 7.90. The molecule has 0 spiro atoms. The minimum absolute atomic E-state index is 0.136. The van der Waals surface area contributed by atoms with Crippen LogP contribution in [0.3, 0.4) is 0 Å². The number of rotatable bonds is 8. The molecule has 3 rings (SSSR count). The molecule has 0 amide bonds. The van der Waals surface area contributed by atoms with E-state index in [9.17, 15) is 13.2 Å². The Balaban J connectivity index is 1.90. The molecule has 2 aromatic heterocycles. The van der Waals surface area contributed by atoms with Crippen LogP contribution < -0.4 is 10.9 Å². The van der Waals surface area contributed by atoms with Gasteiger partial charge in [0.15, 0.2) is 21.0 Å². The van der Waals surface area contributed by atoms with Gasteiger partial charge in [-0.2, -0.15) is 4.98 Å². The number of unbranched alkanes of at least 4 members (excludes halogenated alkanes) is 1. The molecule has 8 nitrogen and oxygen atoms in total. The van der Waals surface area contributed by atoms with Crippen molar-refractivity contribution < 1.29 is 8.42 Å². The minimum atomic E-state index is -3.43. The van der Waals surface area contributed by atoms with Crippen molar-refractivity contribution in [3.63, 3.8) is 0 Å². The predicted octanol–water partition coefficient (Wildman–Crippen LogP) is 3.77. The SMILES string of the molecule is CCCCC(n1cnc2nc(NCc3ccc(Cl)c(Cl)c3)[nH]c(=O)c21)S(C)(=O)=O. The van der Waals surface area contributed by atoms with Gasteiger partial charge in [-0.1, -0.05) is 49.0 Å². The number of halogens is 2. The molecule has 1 atom stereocenters. The van der Waals surface area contributed by atoms with Gasteiger partial charge in [-0.3, -0.25) is 9.78 Å². The lowest BCUT2D eigenvalue weighted by molar-refractivity contribution is 0.525. The highest BCUT2D eigenvalue weighted by atomic mass is 35.5. The van der Waals surface area contributed by atoms with Crippen molar-refractivity contribution >= 4 is 50.2 Å². The molecule has 0 radical (unpaired) electrons. The lowest BCUT2D eigenvalue weighted by Gasteiger charge is -2.17. The molecule has 0 bridgehead atoms. The molecule has 29 heavy (non-hydrogen) atoms. The van der Waals surface area contributed by atoms with Gasteiger partial charge in [0.1, 0.15) is 5.37 Å². The Labute approximate surface area is 178 Å². The van der Waals surface area contributed by atoms with E-state index < -0.39 is 20.8 Å². The quantitative estimate of drug-likeness (QED) is 0.532. The third kappa shape index (κ3) is 4.91. The maximum Gasteiger partial charge on any atom is 0.278 e. The number of nitrogens with one attached hydrogen (secondary N) is 2. The van der Waals surface area contributed by atoms with Gasteiger partial charge in [0.05, 0.1) is 16.4 Å². The van der Waals surface area contributed by atoms with Crippen LogP contribution in [0.1, 0.15) is 37.1 Å². The average Bonchev–Trinajstić information content (AvgIpc) is 3.06. The van der Waals surface area contributed by atoms with Crippen molar-refractivity contribution in [1.82, 2.24) is 19.5 Å². The van der Waals surface area contributed by atoms with Gasteiger partial charge in [0.2, 0.25) is 5.95 Å². The Hall–Kier alpha value is -2.10. The molecule has 1 aromatic carbocycles. The van der Waals surface area contributed by atoms with Crippen molar-refractivity contribution in [2.24, 2.45) is 0 Å². The molecule has 0 aliphatic rings. The number of fused-ring (bicyclic) bond motifs is 1. The van der Waals surface area contributed by atoms with Crippen molar-refractivity contribution in [1.29, 1.82) is 0 Å². The van der Waals surface area contributed by atoms with Crippen LogP contribution >= 0.6 is 23.2 Å². The van der Waals surface area contributed by atoms with Gasteiger partial charge in [-0.25, -0.2) is 13.4 Å². The highest BCUT2D eigenvalue weighted by Gasteiger charge is 2.25. The average molecular weight is 458 g/mol. The number of H-pyrrole nitrogens is 1. The Morgan fingerprint density at radius 2 is 2.03 bits per heavy atom. The zero-order chi connectivity index (χ0) is 21.2. The molecule has 3 aromatic rings. The van der Waals surface area contributed by atoms with E-state index >= 15 is 0 Å². The van der Waals surface area contributed by atoms with E-state index in [0.717, 1.165) is 18.2 Å². The first-order valence-corrected chi connectivity index (χ1v) is 11.7. The summed E-state index contributed by atoms with van der Waals surface area (Å²) < 4.78 is 25.9. The fraction of sp³-hybridized carbons (Fsp3) is 0.389. The second-order valence-electron chi connectivity index (χ2n) is 6.77. The van der Waals surface area contributed by atoms with Crippen LogP contribution in [0.25, 0.3) is 11.2 Å². The summed E-state index contributed by atoms with van der Waals surface area (Å²) >= 11 is 11.9. The fourth-order valence-corrected chi connectivity index (χ4v) is 4.52. The highest BCUT2D eigenvalue weighted by Crippen LogP contribution is 2.25. The summed E-state index contributed by atoms with van der Waals surface area (Å²) in [7, 11) is -3.43. The van der Waals surface area contributed by atoms with E-state index in [0.29, 0.717) is 29.4 Å². The maximum absolute atomic E-state index is 12.7. The van der Waals surface area contributed by atoms with E-state index in [1.165, 1.54) is 10.9 Å². The summed E-state index contributed by atoms with van der Waals surface area (Å²) in [6.45, 7) is 2.33. The molecule has 0 aliphatic heterocycles. The second kappa shape index (κ2) is 8.73. The number of benzene rings is 1. The molecular weight excluding hydrogens is 437 g/mol. The summed E-state index contributed by atoms with van der Waals surface area (Å²) in [6.07, 6.45) is 4.48. The standard InChI is InChI=1S/C18H21Cl2N5O3S/c1-3-4-5-14(29(2,27)28)25-10-22-16-15(25)17(26)24-18(23-16)21-9-11-6-7-12(19)13(20)8-11/h6-8,10,14H,3-5,9H2,1-2H3,(H2,21,23,24,26). The molecule has 11 heteroatoms. The summed E-state index contributed by atoms with van der Waals surface area (Å²) in [6, 6.07) is 5.20. The van der Waals surface area contributed by atoms with E-state index in [1.54, 1.807) is 18.2 Å². The number of aromatic amines is 1. The third-order valence-electron chi connectivity index (χ3n) is 4.49. The lowest BCUT2D eigenvalue weighted by Crippen LogP contribution is -2.22. The summed E-state index contributed by atoms with van der Waals surface area (Å²) in [4.78, 5) is 23.8. The van der Waals surface area contributed by atoms with Crippen molar-refractivity contribution in [2.45, 2.75) is 38.1 Å². The fourth-order valence-electron chi connectivity index (χ4n) is 3.03. The monoisotopic (exact) mass is 457 g/mol. The summed E-state index contributed by atoms with van der Waals surface area (Å²) in [5, 5.41) is 3.04. The van der Waals surface area contributed by atoms with Gasteiger partial charge in [0, 0.05) is 12.8 Å². The number of aromatic nitrogens is 4. The minimum Gasteiger partial charge on any atom is -0.352 e. The summed E-state index contributed by atoms with van der Waals surface area (Å²) in [5.74, 6) is 0.225. The first-order chi connectivity index (χ1) is 13.7. The largest absolute Gasteiger partial charge is 0.352 e. The van der Waals surface area contributed by atoms with Gasteiger partial charge >= 0.3 is 0 Å². The third-order valence-corrected chi connectivity index (χ3v) is 6.68. The van der Waals surface area contributed by atoms with Crippen LogP contribution in [0.5, 0.6) is 0 Å². The maximum atomic E-state index is 12.7. The Morgan fingerprint density at radius 3 is 2.69 bits per heavy atom. The first kappa shape index (κ1) is 21.6. The smallest absolute Gasteiger partial charge is 0.278 e. The number of hydrogen-bond acceptors (Lipinski definition) is 6. The lowest BCUT2D eigenvalue weighted by atomic mass is 10.2.